The quantitative estimate of drug-likeness (QED) is 0.140. The van der Waals surface area contributed by atoms with E-state index in [9.17, 15) is 37.1 Å². The van der Waals surface area contributed by atoms with Crippen LogP contribution in [0, 0.1) is 17.2 Å². The Labute approximate surface area is 273 Å². The number of aliphatic carboxylic acids is 1. The van der Waals surface area contributed by atoms with Gasteiger partial charge in [0.1, 0.15) is 5.82 Å². The van der Waals surface area contributed by atoms with Gasteiger partial charge in [0.25, 0.3) is 11.8 Å². The number of amides is 2. The summed E-state index contributed by atoms with van der Waals surface area (Å²) in [5.41, 5.74) is 0.942. The van der Waals surface area contributed by atoms with E-state index in [-0.39, 0.29) is 34.6 Å². The number of benzene rings is 3. The van der Waals surface area contributed by atoms with Crippen molar-refractivity contribution in [1.82, 2.24) is 10.3 Å². The Hall–Kier alpha value is -4.71. The molecule has 4 aromatic rings. The van der Waals surface area contributed by atoms with E-state index in [1.165, 1.54) is 60.4 Å². The molecule has 0 aliphatic carbocycles. The Morgan fingerprint density at radius 2 is 1.57 bits per heavy atom. The van der Waals surface area contributed by atoms with Crippen molar-refractivity contribution in [2.45, 2.75) is 39.2 Å². The van der Waals surface area contributed by atoms with Gasteiger partial charge >= 0.3 is 12.1 Å². The highest BCUT2D eigenvalue weighted by Crippen LogP contribution is 2.32. The largest absolute Gasteiger partial charge is 0.481 e. The number of carbonyl (C=O) groups excluding carboxylic acids is 2. The fourth-order valence-electron chi connectivity index (χ4n) is 4.68. The Morgan fingerprint density at radius 3 is 2.28 bits per heavy atom. The van der Waals surface area contributed by atoms with Crippen molar-refractivity contribution < 1.29 is 37.1 Å². The summed E-state index contributed by atoms with van der Waals surface area (Å²) in [6.07, 6.45) is -3.18. The summed E-state index contributed by atoms with van der Waals surface area (Å²) >= 11 is 1.46. The third-order valence-corrected chi connectivity index (χ3v) is 8.43. The number of carboxylic acid groups (broad SMARTS) is 1. The van der Waals surface area contributed by atoms with Gasteiger partial charge < -0.3 is 15.7 Å². The van der Waals surface area contributed by atoms with Crippen molar-refractivity contribution in [3.63, 3.8) is 0 Å². The minimum Gasteiger partial charge on any atom is -0.481 e. The van der Waals surface area contributed by atoms with Crippen LogP contribution >= 0.6 is 11.8 Å². The molecule has 2 amide bonds. The van der Waals surface area contributed by atoms with Crippen molar-refractivity contribution in [1.29, 1.82) is 0 Å². The lowest BCUT2D eigenvalue weighted by molar-refractivity contribution is -0.144. The maximum absolute atomic E-state index is 14.4. The molecule has 47 heavy (non-hydrogen) atoms. The van der Waals surface area contributed by atoms with E-state index >= 15 is 0 Å². The van der Waals surface area contributed by atoms with Gasteiger partial charge in [-0.15, -0.1) is 0 Å². The average molecular weight is 668 g/mol. The maximum Gasteiger partial charge on any atom is 0.416 e. The molecule has 0 saturated carbocycles. The summed E-state index contributed by atoms with van der Waals surface area (Å²) in [6.45, 7) is 5.49. The van der Waals surface area contributed by atoms with Gasteiger partial charge in [-0.2, -0.15) is 24.9 Å². The normalized spacial score (nSPS) is 12.3. The Kier molecular flexibility index (Phi) is 11.1. The topological polar surface area (TPSA) is 108 Å². The van der Waals surface area contributed by atoms with Crippen molar-refractivity contribution >= 4 is 35.2 Å². The number of thioether (sulfide) groups is 1. The SMILES string of the molecule is CC(C)(C)C(CSCc1cccc(C(=O)Nc2ccc(F)cc2-c2cc(C(=O)NCc3cccc(C(F)(F)F)c3)ccn2)c1)C(=O)O. The first-order valence-corrected chi connectivity index (χ1v) is 15.7. The molecule has 1 aromatic heterocycles. The van der Waals surface area contributed by atoms with Crippen LogP contribution in [0.1, 0.15) is 58.2 Å². The van der Waals surface area contributed by atoms with Crippen LogP contribution in [0.15, 0.2) is 85.1 Å². The zero-order chi connectivity index (χ0) is 34.4. The average Bonchev–Trinajstić information content (AvgIpc) is 3.02. The minimum absolute atomic E-state index is 0.130. The highest BCUT2D eigenvalue weighted by Gasteiger charge is 2.31. The molecule has 4 rings (SSSR count). The molecule has 3 N–H and O–H groups in total. The van der Waals surface area contributed by atoms with Crippen LogP contribution in [-0.2, 0) is 23.3 Å². The molecule has 0 aliphatic rings. The number of hydrogen-bond donors (Lipinski definition) is 3. The summed E-state index contributed by atoms with van der Waals surface area (Å²) in [4.78, 5) is 42.1. The number of alkyl halides is 3. The van der Waals surface area contributed by atoms with Gasteiger partial charge in [-0.3, -0.25) is 19.4 Å². The van der Waals surface area contributed by atoms with Gasteiger partial charge in [0.15, 0.2) is 0 Å². The third kappa shape index (κ3) is 9.65. The second-order valence-corrected chi connectivity index (χ2v) is 13.0. The third-order valence-electron chi connectivity index (χ3n) is 7.32. The molecule has 0 saturated heterocycles. The van der Waals surface area contributed by atoms with Gasteiger partial charge in [0.05, 0.1) is 22.9 Å². The van der Waals surface area contributed by atoms with Gasteiger partial charge in [0.2, 0.25) is 0 Å². The van der Waals surface area contributed by atoms with Gasteiger partial charge in [-0.1, -0.05) is 45.0 Å². The Bertz CT molecular complexity index is 1770. The van der Waals surface area contributed by atoms with Gasteiger partial charge in [-0.25, -0.2) is 4.39 Å². The monoisotopic (exact) mass is 667 g/mol. The van der Waals surface area contributed by atoms with Crippen LogP contribution < -0.4 is 10.6 Å². The summed E-state index contributed by atoms with van der Waals surface area (Å²) in [6, 6.07) is 18.0. The molecule has 1 heterocycles. The summed E-state index contributed by atoms with van der Waals surface area (Å²) in [5, 5.41) is 14.9. The smallest absolute Gasteiger partial charge is 0.416 e. The van der Waals surface area contributed by atoms with Crippen LogP contribution in [0.25, 0.3) is 11.3 Å². The van der Waals surface area contributed by atoms with Crippen molar-refractivity contribution in [3.05, 3.63) is 119 Å². The van der Waals surface area contributed by atoms with Crippen LogP contribution in [0.2, 0.25) is 0 Å². The second-order valence-electron chi connectivity index (χ2n) is 11.9. The molecular weight excluding hydrogens is 634 g/mol. The zero-order valence-corrected chi connectivity index (χ0v) is 26.6. The van der Waals surface area contributed by atoms with Crippen LogP contribution in [0.3, 0.4) is 0 Å². The highest BCUT2D eigenvalue weighted by atomic mass is 32.2. The Balaban J connectivity index is 1.47. The first kappa shape index (κ1) is 35.1. The molecule has 3 aromatic carbocycles. The van der Waals surface area contributed by atoms with Crippen molar-refractivity contribution in [3.8, 4) is 11.3 Å². The molecule has 12 heteroatoms. The maximum atomic E-state index is 14.4. The summed E-state index contributed by atoms with van der Waals surface area (Å²) < 4.78 is 53.5. The zero-order valence-electron chi connectivity index (χ0n) is 25.8. The fraction of sp³-hybridized carbons (Fsp3) is 0.257. The number of nitrogens with one attached hydrogen (secondary N) is 2. The molecular formula is C35H33F4N3O4S. The molecule has 0 fully saturated rings. The molecule has 1 atom stereocenters. The molecule has 246 valence electrons. The number of pyridine rings is 1. The standard InChI is InChI=1S/C35H33F4N3O4S/c1-34(2,3)28(33(45)46)20-47-19-22-7-4-8-23(14-22)32(44)42-29-11-10-26(36)17-27(29)30-16-24(12-13-40-30)31(43)41-18-21-6-5-9-25(15-21)35(37,38)39/h4-17,28H,18-20H2,1-3H3,(H,41,43)(H,42,44)(H,45,46). The fourth-order valence-corrected chi connectivity index (χ4v) is 6.09. The van der Waals surface area contributed by atoms with E-state index < -0.39 is 46.7 Å². The number of carboxylic acids is 1. The number of aromatic nitrogens is 1. The second kappa shape index (κ2) is 14.8. The van der Waals surface area contributed by atoms with Crippen molar-refractivity contribution in [2.75, 3.05) is 11.1 Å². The lowest BCUT2D eigenvalue weighted by Crippen LogP contribution is -2.30. The molecule has 7 nitrogen and oxygen atoms in total. The van der Waals surface area contributed by atoms with E-state index in [0.717, 1.165) is 17.7 Å². The van der Waals surface area contributed by atoms with E-state index in [1.54, 1.807) is 18.2 Å². The number of carbonyl (C=O) groups is 3. The minimum atomic E-state index is -4.51. The number of anilines is 1. The molecule has 0 spiro atoms. The van der Waals surface area contributed by atoms with Crippen LogP contribution in [0.4, 0.5) is 23.2 Å². The Morgan fingerprint density at radius 1 is 0.872 bits per heavy atom. The highest BCUT2D eigenvalue weighted by molar-refractivity contribution is 7.98. The summed E-state index contributed by atoms with van der Waals surface area (Å²) in [5.74, 6) is -2.15. The van der Waals surface area contributed by atoms with Crippen LogP contribution in [0.5, 0.6) is 0 Å². The van der Waals surface area contributed by atoms with E-state index in [1.807, 2.05) is 26.8 Å². The van der Waals surface area contributed by atoms with E-state index in [2.05, 4.69) is 15.6 Å². The molecule has 0 aliphatic heterocycles. The lowest BCUT2D eigenvalue weighted by atomic mass is 9.82. The molecule has 0 radical (unpaired) electrons. The van der Waals surface area contributed by atoms with Crippen molar-refractivity contribution in [2.24, 2.45) is 11.3 Å². The number of rotatable bonds is 11. The van der Waals surface area contributed by atoms with E-state index in [4.69, 9.17) is 0 Å². The van der Waals surface area contributed by atoms with E-state index in [0.29, 0.717) is 17.1 Å². The lowest BCUT2D eigenvalue weighted by Gasteiger charge is -2.26. The first-order valence-electron chi connectivity index (χ1n) is 14.5. The number of nitrogens with zero attached hydrogens (tertiary/aromatic N) is 1. The van der Waals surface area contributed by atoms with Gasteiger partial charge in [0, 0.05) is 40.9 Å². The predicted molar refractivity (Wildman–Crippen MR) is 173 cm³/mol. The predicted octanol–water partition coefficient (Wildman–Crippen LogP) is 8.07. The van der Waals surface area contributed by atoms with Gasteiger partial charge in [-0.05, 0) is 71.1 Å². The molecule has 0 bridgehead atoms. The number of hydrogen-bond acceptors (Lipinski definition) is 5. The summed E-state index contributed by atoms with van der Waals surface area (Å²) in [7, 11) is 0. The number of halogens is 4. The molecule has 1 unspecified atom stereocenters. The van der Waals surface area contributed by atoms with Crippen LogP contribution in [-0.4, -0.2) is 33.6 Å². The first-order chi connectivity index (χ1) is 22.1.